The maximum atomic E-state index is 15.0. The fourth-order valence-electron chi connectivity index (χ4n) is 4.36. The van der Waals surface area contributed by atoms with Gasteiger partial charge in [0, 0.05) is 23.4 Å². The molecule has 5 rings (SSSR count). The molecule has 3 aromatic rings. The van der Waals surface area contributed by atoms with E-state index in [0.717, 1.165) is 29.0 Å². The van der Waals surface area contributed by atoms with Gasteiger partial charge in [0.15, 0.2) is 0 Å². The highest BCUT2D eigenvalue weighted by atomic mass is 35.5. The number of sulfonamides is 1. The topological polar surface area (TPSA) is 93.5 Å². The van der Waals surface area contributed by atoms with Crippen molar-refractivity contribution in [1.29, 1.82) is 0 Å². The van der Waals surface area contributed by atoms with Crippen molar-refractivity contribution >= 4 is 44.1 Å². The molecule has 186 valence electrons. The minimum atomic E-state index is -3.78. The fraction of sp³-hybridized carbons (Fsp3) is 0.417. The van der Waals surface area contributed by atoms with Crippen molar-refractivity contribution in [2.45, 2.75) is 24.9 Å². The largest absolute Gasteiger partial charge is 0.380 e. The van der Waals surface area contributed by atoms with Gasteiger partial charge in [-0.05, 0) is 60.7 Å². The third kappa shape index (κ3) is 4.62. The normalized spacial score (nSPS) is 17.3. The molecule has 1 saturated heterocycles. The van der Waals surface area contributed by atoms with Crippen LogP contribution in [0.5, 0.6) is 0 Å². The van der Waals surface area contributed by atoms with Crippen molar-refractivity contribution < 1.29 is 22.3 Å². The van der Waals surface area contributed by atoms with Gasteiger partial charge in [-0.1, -0.05) is 11.6 Å². The summed E-state index contributed by atoms with van der Waals surface area (Å²) in [6.07, 6.45) is 1.52. The molecule has 2 fully saturated rings. The summed E-state index contributed by atoms with van der Waals surface area (Å²) in [6.45, 7) is 0.279. The summed E-state index contributed by atoms with van der Waals surface area (Å²) >= 11 is 6.04. The number of ether oxygens (including phenoxy) is 1. The highest BCUT2D eigenvalue weighted by molar-refractivity contribution is 7.92. The molecule has 0 bridgehead atoms. The van der Waals surface area contributed by atoms with Crippen LogP contribution in [0, 0.1) is 5.92 Å². The van der Waals surface area contributed by atoms with Gasteiger partial charge in [0.05, 0.1) is 42.9 Å². The van der Waals surface area contributed by atoms with Gasteiger partial charge < -0.3 is 10.1 Å². The Labute approximate surface area is 208 Å². The molecule has 1 aliphatic carbocycles. The summed E-state index contributed by atoms with van der Waals surface area (Å²) in [5, 5.41) is 8.46. The van der Waals surface area contributed by atoms with Crippen LogP contribution in [0.4, 0.5) is 10.1 Å². The number of benzene rings is 2. The highest BCUT2D eigenvalue weighted by Gasteiger charge is 2.36. The van der Waals surface area contributed by atoms with Crippen molar-refractivity contribution in [3.8, 4) is 5.69 Å². The Hall–Kier alpha value is -2.69. The number of anilines is 1. The van der Waals surface area contributed by atoms with E-state index < -0.39 is 16.2 Å². The van der Waals surface area contributed by atoms with Crippen LogP contribution in [0.25, 0.3) is 16.6 Å². The Morgan fingerprint density at radius 2 is 1.97 bits per heavy atom. The molecule has 35 heavy (non-hydrogen) atoms. The summed E-state index contributed by atoms with van der Waals surface area (Å²) < 4.78 is 48.4. The molecule has 1 atom stereocenters. The number of hydrogen-bond donors (Lipinski definition) is 1. The van der Waals surface area contributed by atoms with Crippen molar-refractivity contribution in [3.63, 3.8) is 0 Å². The standard InChI is InChI=1S/C24H26ClFN4O4S/c1-27-24(31)23-19-9-18(14-3-4-14)22(29(35(2,32)33)11-20(26)15-12-34-13-15)10-21(19)28-30(23)17-7-5-16(25)6-8-17/h5-10,14-15,20H,3-4,11-13H2,1-2H3,(H,27,31). The van der Waals surface area contributed by atoms with E-state index in [4.69, 9.17) is 16.3 Å². The smallest absolute Gasteiger partial charge is 0.270 e. The van der Waals surface area contributed by atoms with E-state index in [1.807, 2.05) is 6.07 Å². The first-order valence-corrected chi connectivity index (χ1v) is 13.6. The van der Waals surface area contributed by atoms with Crippen LogP contribution in [-0.2, 0) is 14.8 Å². The van der Waals surface area contributed by atoms with Crippen LogP contribution >= 0.6 is 11.6 Å². The SMILES string of the molecule is CNC(=O)c1c2cc(C3CC3)c(N(CC(F)C3COC3)S(C)(=O)=O)cc2nn1-c1ccc(Cl)cc1. The van der Waals surface area contributed by atoms with Crippen LogP contribution in [-0.4, -0.2) is 63.3 Å². The first-order valence-electron chi connectivity index (χ1n) is 11.4. The molecule has 1 amide bonds. The molecule has 1 saturated carbocycles. The van der Waals surface area contributed by atoms with Crippen LogP contribution < -0.4 is 9.62 Å². The average molecular weight is 521 g/mol. The molecule has 1 N–H and O–H groups in total. The number of halogens is 2. The van der Waals surface area contributed by atoms with Gasteiger partial charge in [-0.2, -0.15) is 5.10 Å². The quantitative estimate of drug-likeness (QED) is 0.489. The van der Waals surface area contributed by atoms with E-state index in [1.54, 1.807) is 37.4 Å². The number of amides is 1. The minimum absolute atomic E-state index is 0.139. The third-order valence-corrected chi connectivity index (χ3v) is 7.93. The van der Waals surface area contributed by atoms with Gasteiger partial charge in [-0.3, -0.25) is 9.10 Å². The Morgan fingerprint density at radius 3 is 2.51 bits per heavy atom. The van der Waals surface area contributed by atoms with E-state index in [2.05, 4.69) is 10.4 Å². The van der Waals surface area contributed by atoms with E-state index in [9.17, 15) is 17.6 Å². The minimum Gasteiger partial charge on any atom is -0.380 e. The number of hydrogen-bond acceptors (Lipinski definition) is 5. The molecule has 1 aromatic heterocycles. The van der Waals surface area contributed by atoms with Crippen molar-refractivity contribution in [2.75, 3.05) is 37.4 Å². The van der Waals surface area contributed by atoms with Gasteiger partial charge in [0.1, 0.15) is 11.9 Å². The summed E-state index contributed by atoms with van der Waals surface area (Å²) in [4.78, 5) is 12.9. The van der Waals surface area contributed by atoms with Gasteiger partial charge in [0.25, 0.3) is 5.91 Å². The second-order valence-electron chi connectivity index (χ2n) is 9.13. The maximum absolute atomic E-state index is 15.0. The second-order valence-corrected chi connectivity index (χ2v) is 11.5. The summed E-state index contributed by atoms with van der Waals surface area (Å²) in [5.74, 6) is -0.512. The number of alkyl halides is 1. The van der Waals surface area contributed by atoms with Crippen molar-refractivity contribution in [1.82, 2.24) is 15.1 Å². The molecular weight excluding hydrogens is 495 g/mol. The van der Waals surface area contributed by atoms with Crippen LogP contribution in [0.3, 0.4) is 0 Å². The Kier molecular flexibility index (Phi) is 6.23. The van der Waals surface area contributed by atoms with Gasteiger partial charge >= 0.3 is 0 Å². The predicted octanol–water partition coefficient (Wildman–Crippen LogP) is 3.67. The average Bonchev–Trinajstić information content (AvgIpc) is 3.55. The van der Waals surface area contributed by atoms with Gasteiger partial charge in [0.2, 0.25) is 10.0 Å². The van der Waals surface area contributed by atoms with E-state index >= 15 is 0 Å². The highest BCUT2D eigenvalue weighted by Crippen LogP contribution is 2.47. The lowest BCUT2D eigenvalue weighted by Gasteiger charge is -2.33. The zero-order valence-corrected chi connectivity index (χ0v) is 20.9. The molecule has 0 spiro atoms. The zero-order chi connectivity index (χ0) is 24.9. The third-order valence-electron chi connectivity index (χ3n) is 6.53. The molecule has 2 aliphatic rings. The Balaban J connectivity index is 1.69. The number of nitrogens with zero attached hydrogens (tertiary/aromatic N) is 3. The molecule has 11 heteroatoms. The summed E-state index contributed by atoms with van der Waals surface area (Å²) in [5.41, 5.74) is 2.59. The number of aromatic nitrogens is 2. The number of nitrogens with one attached hydrogen (secondary N) is 1. The van der Waals surface area contributed by atoms with E-state index in [1.165, 1.54) is 4.68 Å². The first-order chi connectivity index (χ1) is 16.7. The molecular formula is C24H26ClFN4O4S. The number of carbonyl (C=O) groups excluding carboxylic acids is 1. The lowest BCUT2D eigenvalue weighted by atomic mass is 10.0. The lowest BCUT2D eigenvalue weighted by Crippen LogP contribution is -2.44. The zero-order valence-electron chi connectivity index (χ0n) is 19.4. The molecule has 1 aliphatic heterocycles. The van der Waals surface area contributed by atoms with E-state index in [-0.39, 0.29) is 37.5 Å². The van der Waals surface area contributed by atoms with Crippen LogP contribution in [0.2, 0.25) is 5.02 Å². The van der Waals surface area contributed by atoms with Crippen LogP contribution in [0.15, 0.2) is 36.4 Å². The molecule has 1 unspecified atom stereocenters. The Morgan fingerprint density at radius 1 is 1.29 bits per heavy atom. The number of fused-ring (bicyclic) bond motifs is 1. The fourth-order valence-corrected chi connectivity index (χ4v) is 5.42. The summed E-state index contributed by atoms with van der Waals surface area (Å²) in [6, 6.07) is 10.4. The second kappa shape index (κ2) is 9.07. The number of rotatable bonds is 8. The summed E-state index contributed by atoms with van der Waals surface area (Å²) in [7, 11) is -2.24. The monoisotopic (exact) mass is 520 g/mol. The van der Waals surface area contributed by atoms with Crippen molar-refractivity contribution in [2.24, 2.45) is 5.92 Å². The van der Waals surface area contributed by atoms with E-state index in [0.29, 0.717) is 33.0 Å². The predicted molar refractivity (Wildman–Crippen MR) is 133 cm³/mol. The Bertz CT molecular complexity index is 1380. The molecule has 0 radical (unpaired) electrons. The van der Waals surface area contributed by atoms with Gasteiger partial charge in [-0.15, -0.1) is 0 Å². The first kappa shape index (κ1) is 24.0. The van der Waals surface area contributed by atoms with Gasteiger partial charge in [-0.25, -0.2) is 17.5 Å². The van der Waals surface area contributed by atoms with Crippen LogP contribution in [0.1, 0.15) is 34.8 Å². The molecule has 2 aromatic carbocycles. The number of carbonyl (C=O) groups is 1. The molecule has 2 heterocycles. The van der Waals surface area contributed by atoms with Crippen molar-refractivity contribution in [3.05, 3.63) is 52.7 Å². The molecule has 8 nitrogen and oxygen atoms in total. The maximum Gasteiger partial charge on any atom is 0.270 e. The lowest BCUT2D eigenvalue weighted by molar-refractivity contribution is -0.0656.